The molecule has 0 unspecified atom stereocenters. The van der Waals surface area contributed by atoms with Crippen LogP contribution >= 0.6 is 11.6 Å². The van der Waals surface area contributed by atoms with Crippen molar-refractivity contribution in [3.05, 3.63) is 57.6 Å². The molecule has 0 aliphatic heterocycles. The van der Waals surface area contributed by atoms with Gasteiger partial charge in [0.2, 0.25) is 15.9 Å². The lowest BCUT2D eigenvalue weighted by molar-refractivity contribution is -0.123. The number of halogens is 1. The molecule has 0 radical (unpaired) electrons. The Bertz CT molecular complexity index is 1040. The summed E-state index contributed by atoms with van der Waals surface area (Å²) >= 11 is 6.09. The van der Waals surface area contributed by atoms with Crippen molar-refractivity contribution in [3.8, 4) is 5.75 Å². The Morgan fingerprint density at radius 2 is 1.70 bits per heavy atom. The number of ether oxygens (including phenoxy) is 1. The van der Waals surface area contributed by atoms with Crippen LogP contribution in [0.3, 0.4) is 0 Å². The summed E-state index contributed by atoms with van der Waals surface area (Å²) in [5, 5.41) is 3.07. The van der Waals surface area contributed by atoms with Crippen LogP contribution in [0.2, 0.25) is 5.02 Å². The van der Waals surface area contributed by atoms with E-state index in [9.17, 15) is 13.2 Å². The minimum absolute atomic E-state index is 0.0337. The highest BCUT2D eigenvalue weighted by Crippen LogP contribution is 2.27. The average Bonchev–Trinajstić information content (AvgIpc) is 2.65. The molecule has 30 heavy (non-hydrogen) atoms. The molecule has 164 valence electrons. The molecule has 8 heteroatoms. The van der Waals surface area contributed by atoms with Crippen molar-refractivity contribution in [2.24, 2.45) is 0 Å². The Kier molecular flexibility index (Phi) is 7.91. The van der Waals surface area contributed by atoms with Gasteiger partial charge in [0, 0.05) is 0 Å². The molecule has 2 rings (SSSR count). The van der Waals surface area contributed by atoms with E-state index in [2.05, 4.69) is 16.1 Å². The van der Waals surface area contributed by atoms with E-state index in [0.29, 0.717) is 12.4 Å². The Morgan fingerprint density at radius 3 is 2.30 bits per heavy atom. The first-order chi connectivity index (χ1) is 14.0. The van der Waals surface area contributed by atoms with Crippen LogP contribution in [-0.2, 0) is 14.8 Å². The van der Waals surface area contributed by atoms with Gasteiger partial charge in [-0.3, -0.25) is 4.79 Å². The van der Waals surface area contributed by atoms with E-state index in [-0.39, 0.29) is 16.0 Å². The van der Waals surface area contributed by atoms with Crippen molar-refractivity contribution in [1.29, 1.82) is 0 Å². The first-order valence-electron chi connectivity index (χ1n) is 9.79. The van der Waals surface area contributed by atoms with Crippen LogP contribution < -0.4 is 14.8 Å². The number of amides is 1. The van der Waals surface area contributed by atoms with E-state index >= 15 is 0 Å². The Morgan fingerprint density at radius 1 is 1.07 bits per heavy atom. The number of hydrogen-bond acceptors (Lipinski definition) is 4. The zero-order valence-corrected chi connectivity index (χ0v) is 19.7. The van der Waals surface area contributed by atoms with Gasteiger partial charge in [0.25, 0.3) is 0 Å². The van der Waals surface area contributed by atoms with Crippen LogP contribution in [0, 0.1) is 20.8 Å². The molecular formula is C22H29ClN2O4S. The number of benzene rings is 2. The predicted octanol–water partition coefficient (Wildman–Crippen LogP) is 4.21. The number of sulfonamides is 1. The number of rotatable bonds is 8. The summed E-state index contributed by atoms with van der Waals surface area (Å²) in [5.41, 5.74) is 4.39. The Labute approximate surface area is 184 Å². The molecule has 0 aliphatic carbocycles. The zero-order chi connectivity index (χ0) is 22.6. The number of nitrogens with one attached hydrogen (secondary N) is 2. The highest BCUT2D eigenvalue weighted by Gasteiger charge is 2.24. The molecule has 0 heterocycles. The first kappa shape index (κ1) is 24.2. The maximum atomic E-state index is 12.7. The molecule has 2 atom stereocenters. The summed E-state index contributed by atoms with van der Waals surface area (Å²) in [5.74, 6) is -0.0118. The van der Waals surface area contributed by atoms with Gasteiger partial charge in [-0.2, -0.15) is 4.72 Å². The second kappa shape index (κ2) is 9.81. The molecule has 6 nitrogen and oxygen atoms in total. The van der Waals surface area contributed by atoms with Gasteiger partial charge < -0.3 is 10.1 Å². The van der Waals surface area contributed by atoms with E-state index in [0.717, 1.165) is 16.7 Å². The Hall–Kier alpha value is -2.09. The van der Waals surface area contributed by atoms with Crippen molar-refractivity contribution >= 4 is 27.5 Å². The lowest BCUT2D eigenvalue weighted by atomic mass is 9.96. The van der Waals surface area contributed by atoms with Crippen molar-refractivity contribution in [3.63, 3.8) is 0 Å². The van der Waals surface area contributed by atoms with Crippen molar-refractivity contribution in [1.82, 2.24) is 10.0 Å². The van der Waals surface area contributed by atoms with Gasteiger partial charge in [-0.05, 0) is 82.0 Å². The summed E-state index contributed by atoms with van der Waals surface area (Å²) < 4.78 is 33.1. The van der Waals surface area contributed by atoms with Gasteiger partial charge in [0.05, 0.1) is 28.6 Å². The second-order valence-electron chi connectivity index (χ2n) is 7.39. The van der Waals surface area contributed by atoms with Gasteiger partial charge in [-0.25, -0.2) is 8.42 Å². The van der Waals surface area contributed by atoms with E-state index in [4.69, 9.17) is 16.3 Å². The fourth-order valence-electron chi connectivity index (χ4n) is 3.14. The molecule has 2 N–H and O–H groups in total. The summed E-state index contributed by atoms with van der Waals surface area (Å²) in [4.78, 5) is 12.6. The SMILES string of the molecule is CCOc1ccc(S(=O)(=O)N[C@H](C)C(=O)N[C@H](C)c2cc(C)c(C)cc2C)cc1Cl. The van der Waals surface area contributed by atoms with Gasteiger partial charge in [0.1, 0.15) is 5.75 Å². The zero-order valence-electron chi connectivity index (χ0n) is 18.2. The Balaban J connectivity index is 2.11. The maximum absolute atomic E-state index is 12.7. The number of aryl methyl sites for hydroxylation is 3. The fourth-order valence-corrected chi connectivity index (χ4v) is 4.67. The highest BCUT2D eigenvalue weighted by atomic mass is 35.5. The molecule has 2 aromatic rings. The monoisotopic (exact) mass is 452 g/mol. The van der Waals surface area contributed by atoms with Gasteiger partial charge in [-0.1, -0.05) is 23.7 Å². The van der Waals surface area contributed by atoms with Gasteiger partial charge in [0.15, 0.2) is 0 Å². The van der Waals surface area contributed by atoms with Crippen LogP contribution in [0.5, 0.6) is 5.75 Å². The van der Waals surface area contributed by atoms with Crippen LogP contribution in [-0.4, -0.2) is 27.0 Å². The van der Waals surface area contributed by atoms with E-state index in [1.807, 2.05) is 40.7 Å². The van der Waals surface area contributed by atoms with Gasteiger partial charge >= 0.3 is 0 Å². The first-order valence-corrected chi connectivity index (χ1v) is 11.6. The third-order valence-corrected chi connectivity index (χ3v) is 6.78. The lowest BCUT2D eigenvalue weighted by Gasteiger charge is -2.21. The molecule has 0 saturated carbocycles. The minimum Gasteiger partial charge on any atom is -0.492 e. The summed E-state index contributed by atoms with van der Waals surface area (Å²) in [6.45, 7) is 11.7. The smallest absolute Gasteiger partial charge is 0.241 e. The third kappa shape index (κ3) is 5.74. The van der Waals surface area contributed by atoms with E-state index in [1.165, 1.54) is 30.7 Å². The largest absolute Gasteiger partial charge is 0.492 e. The molecule has 1 amide bonds. The predicted molar refractivity (Wildman–Crippen MR) is 120 cm³/mol. The summed E-state index contributed by atoms with van der Waals surface area (Å²) in [7, 11) is -3.93. The van der Waals surface area contributed by atoms with Crippen LogP contribution in [0.15, 0.2) is 35.2 Å². The van der Waals surface area contributed by atoms with E-state index in [1.54, 1.807) is 0 Å². The highest BCUT2D eigenvalue weighted by molar-refractivity contribution is 7.89. The standard InChI is InChI=1S/C22H29ClN2O4S/c1-7-29-21-9-8-18(12-20(21)23)30(27,28)25-17(6)22(26)24-16(5)19-11-14(3)13(2)10-15(19)4/h8-12,16-17,25H,7H2,1-6H3,(H,24,26)/t16-,17-/m1/s1. The van der Waals surface area contributed by atoms with Crippen LogP contribution in [0.1, 0.15) is 49.1 Å². The number of hydrogen-bond donors (Lipinski definition) is 2. The van der Waals surface area contributed by atoms with Crippen LogP contribution in [0.25, 0.3) is 0 Å². The second-order valence-corrected chi connectivity index (χ2v) is 9.51. The average molecular weight is 453 g/mol. The quantitative estimate of drug-likeness (QED) is 0.628. The van der Waals surface area contributed by atoms with Crippen molar-refractivity contribution < 1.29 is 17.9 Å². The molecule has 0 spiro atoms. The molecule has 0 aromatic heterocycles. The molecular weight excluding hydrogens is 424 g/mol. The van der Waals surface area contributed by atoms with Crippen molar-refractivity contribution in [2.75, 3.05) is 6.61 Å². The minimum atomic E-state index is -3.93. The summed E-state index contributed by atoms with van der Waals surface area (Å²) in [6.07, 6.45) is 0. The number of carbonyl (C=O) groups is 1. The molecule has 2 aromatic carbocycles. The molecule has 0 aliphatic rings. The topological polar surface area (TPSA) is 84.5 Å². The normalized spacial score (nSPS) is 13.6. The third-order valence-electron chi connectivity index (χ3n) is 4.95. The molecule has 0 bridgehead atoms. The number of carbonyl (C=O) groups excluding carboxylic acids is 1. The lowest BCUT2D eigenvalue weighted by Crippen LogP contribution is -2.45. The van der Waals surface area contributed by atoms with Crippen molar-refractivity contribution in [2.45, 2.75) is 58.5 Å². The van der Waals surface area contributed by atoms with E-state index < -0.39 is 22.0 Å². The van der Waals surface area contributed by atoms with Crippen LogP contribution in [0.4, 0.5) is 0 Å². The molecule has 0 fully saturated rings. The fraction of sp³-hybridized carbons (Fsp3) is 0.409. The maximum Gasteiger partial charge on any atom is 0.241 e. The van der Waals surface area contributed by atoms with Gasteiger partial charge in [-0.15, -0.1) is 0 Å². The molecule has 0 saturated heterocycles. The summed E-state index contributed by atoms with van der Waals surface area (Å²) in [6, 6.07) is 7.10.